The number of carboxylic acids is 1. The summed E-state index contributed by atoms with van der Waals surface area (Å²) in [6.07, 6.45) is 0.164. The standard InChI is InChI=1S/C19H18ClN3O3S/c1-10-11(2)14(9-21)18(22-12(10)3)27-7-6-17(24)23-16-8-13(19(25)26)4-5-15(16)20/h4-5,8H,6-7H2,1-3H3,(H,23,24)(H,25,26). The maximum absolute atomic E-state index is 12.2. The number of nitrogens with one attached hydrogen (secondary N) is 1. The number of aryl methyl sites for hydroxylation is 1. The molecule has 0 unspecified atom stereocenters. The second-order valence-corrected chi connectivity index (χ2v) is 7.38. The van der Waals surface area contributed by atoms with E-state index in [4.69, 9.17) is 16.7 Å². The number of thioether (sulfide) groups is 1. The smallest absolute Gasteiger partial charge is 0.335 e. The minimum Gasteiger partial charge on any atom is -0.478 e. The van der Waals surface area contributed by atoms with E-state index < -0.39 is 5.97 Å². The largest absolute Gasteiger partial charge is 0.478 e. The zero-order valence-electron chi connectivity index (χ0n) is 15.1. The first-order valence-electron chi connectivity index (χ1n) is 8.08. The maximum atomic E-state index is 12.2. The molecule has 2 N–H and O–H groups in total. The number of carbonyl (C=O) groups excluding carboxylic acids is 1. The first-order chi connectivity index (χ1) is 12.7. The lowest BCUT2D eigenvalue weighted by molar-refractivity contribution is -0.115. The van der Waals surface area contributed by atoms with Gasteiger partial charge in [-0.3, -0.25) is 4.79 Å². The Bertz CT molecular complexity index is 954. The molecule has 0 saturated heterocycles. The summed E-state index contributed by atoms with van der Waals surface area (Å²) < 4.78 is 0. The molecule has 8 heteroatoms. The summed E-state index contributed by atoms with van der Waals surface area (Å²) in [5, 5.41) is 21.9. The van der Waals surface area contributed by atoms with Gasteiger partial charge in [-0.2, -0.15) is 5.26 Å². The maximum Gasteiger partial charge on any atom is 0.335 e. The van der Waals surface area contributed by atoms with Crippen molar-refractivity contribution in [1.82, 2.24) is 4.98 Å². The van der Waals surface area contributed by atoms with Crippen molar-refractivity contribution < 1.29 is 14.7 Å². The van der Waals surface area contributed by atoms with Crippen molar-refractivity contribution in [2.75, 3.05) is 11.1 Å². The van der Waals surface area contributed by atoms with E-state index in [-0.39, 0.29) is 28.6 Å². The zero-order valence-corrected chi connectivity index (χ0v) is 16.7. The summed E-state index contributed by atoms with van der Waals surface area (Å²) >= 11 is 7.34. The summed E-state index contributed by atoms with van der Waals surface area (Å²) in [6, 6.07) is 6.29. The second-order valence-electron chi connectivity index (χ2n) is 5.89. The van der Waals surface area contributed by atoms with Crippen molar-refractivity contribution in [1.29, 1.82) is 5.26 Å². The first-order valence-corrected chi connectivity index (χ1v) is 9.44. The van der Waals surface area contributed by atoms with Crippen LogP contribution in [0.1, 0.15) is 39.2 Å². The molecule has 0 atom stereocenters. The molecule has 0 aliphatic carbocycles. The number of hydrogen-bond acceptors (Lipinski definition) is 5. The summed E-state index contributed by atoms with van der Waals surface area (Å²) in [5.41, 5.74) is 3.56. The fourth-order valence-corrected chi connectivity index (χ4v) is 3.54. The Kier molecular flexibility index (Phi) is 6.83. The normalized spacial score (nSPS) is 10.3. The molecule has 27 heavy (non-hydrogen) atoms. The Labute approximate surface area is 166 Å². The average Bonchev–Trinajstić information content (AvgIpc) is 2.61. The Morgan fingerprint density at radius 3 is 2.63 bits per heavy atom. The van der Waals surface area contributed by atoms with E-state index >= 15 is 0 Å². The van der Waals surface area contributed by atoms with Crippen LogP contribution in [0.5, 0.6) is 0 Å². The molecule has 1 aromatic carbocycles. The molecule has 6 nitrogen and oxygen atoms in total. The molecule has 0 fully saturated rings. The van der Waals surface area contributed by atoms with Crippen LogP contribution in [0.15, 0.2) is 23.2 Å². The SMILES string of the molecule is Cc1nc(SCCC(=O)Nc2cc(C(=O)O)ccc2Cl)c(C#N)c(C)c1C. The van der Waals surface area contributed by atoms with Crippen LogP contribution in [0.3, 0.4) is 0 Å². The lowest BCUT2D eigenvalue weighted by atomic mass is 10.1. The minimum atomic E-state index is -1.10. The van der Waals surface area contributed by atoms with Crippen LogP contribution in [0.25, 0.3) is 0 Å². The van der Waals surface area contributed by atoms with Gasteiger partial charge in [0.05, 0.1) is 21.8 Å². The van der Waals surface area contributed by atoms with Crippen LogP contribution in [0.2, 0.25) is 5.02 Å². The number of pyridine rings is 1. The van der Waals surface area contributed by atoms with Gasteiger partial charge in [-0.1, -0.05) is 11.6 Å². The highest BCUT2D eigenvalue weighted by atomic mass is 35.5. The van der Waals surface area contributed by atoms with Crippen LogP contribution >= 0.6 is 23.4 Å². The third-order valence-corrected chi connectivity index (χ3v) is 5.44. The highest BCUT2D eigenvalue weighted by Crippen LogP contribution is 2.27. The molecule has 0 saturated carbocycles. The quantitative estimate of drug-likeness (QED) is 0.695. The predicted octanol–water partition coefficient (Wildman–Crippen LogP) is 4.35. The molecule has 0 spiro atoms. The van der Waals surface area contributed by atoms with Gasteiger partial charge in [-0.05, 0) is 50.1 Å². The molecular formula is C19H18ClN3O3S. The van der Waals surface area contributed by atoms with Gasteiger partial charge in [0, 0.05) is 17.9 Å². The lowest BCUT2D eigenvalue weighted by Crippen LogP contribution is -2.13. The number of nitrogens with zero attached hydrogens (tertiary/aromatic N) is 2. The van der Waals surface area contributed by atoms with Crippen molar-refractivity contribution in [3.05, 3.63) is 51.2 Å². The van der Waals surface area contributed by atoms with Crippen molar-refractivity contribution in [3.63, 3.8) is 0 Å². The lowest BCUT2D eigenvalue weighted by Gasteiger charge is -2.11. The molecule has 1 heterocycles. The van der Waals surface area contributed by atoms with E-state index in [0.717, 1.165) is 16.8 Å². The number of carbonyl (C=O) groups is 2. The van der Waals surface area contributed by atoms with Crippen LogP contribution in [0.4, 0.5) is 5.69 Å². The van der Waals surface area contributed by atoms with Gasteiger partial charge in [0.2, 0.25) is 5.91 Å². The Balaban J connectivity index is 2.03. The van der Waals surface area contributed by atoms with Crippen molar-refractivity contribution in [3.8, 4) is 6.07 Å². The summed E-state index contributed by atoms with van der Waals surface area (Å²) in [6.45, 7) is 5.70. The molecule has 0 aliphatic heterocycles. The van der Waals surface area contributed by atoms with Gasteiger partial charge in [-0.15, -0.1) is 11.8 Å². The number of amides is 1. The molecule has 0 radical (unpaired) electrons. The monoisotopic (exact) mass is 403 g/mol. The molecule has 0 bridgehead atoms. The molecule has 140 valence electrons. The Hall–Kier alpha value is -2.56. The Morgan fingerprint density at radius 1 is 1.30 bits per heavy atom. The third kappa shape index (κ3) is 5.00. The number of aromatic carboxylic acids is 1. The van der Waals surface area contributed by atoms with Crippen LogP contribution < -0.4 is 5.32 Å². The van der Waals surface area contributed by atoms with Gasteiger partial charge < -0.3 is 10.4 Å². The number of aromatic nitrogens is 1. The summed E-state index contributed by atoms with van der Waals surface area (Å²) in [7, 11) is 0. The first kappa shape index (κ1) is 20.7. The number of hydrogen-bond donors (Lipinski definition) is 2. The molecule has 0 aliphatic rings. The summed E-state index contributed by atoms with van der Waals surface area (Å²) in [4.78, 5) is 27.6. The fraction of sp³-hybridized carbons (Fsp3) is 0.263. The summed E-state index contributed by atoms with van der Waals surface area (Å²) in [5.74, 6) is -0.977. The highest BCUT2D eigenvalue weighted by Gasteiger charge is 2.14. The molecule has 1 amide bonds. The second kappa shape index (κ2) is 8.89. The number of anilines is 1. The molecule has 1 aromatic heterocycles. The minimum absolute atomic E-state index is 0.0394. The van der Waals surface area contributed by atoms with Crippen LogP contribution in [-0.2, 0) is 4.79 Å². The topological polar surface area (TPSA) is 103 Å². The molecular weight excluding hydrogens is 386 g/mol. The highest BCUT2D eigenvalue weighted by molar-refractivity contribution is 7.99. The predicted molar refractivity (Wildman–Crippen MR) is 106 cm³/mol. The molecule has 2 aromatic rings. The number of halogens is 1. The van der Waals surface area contributed by atoms with Gasteiger partial charge in [0.15, 0.2) is 0 Å². The average molecular weight is 404 g/mol. The van der Waals surface area contributed by atoms with E-state index in [0.29, 0.717) is 16.3 Å². The number of carboxylic acid groups (broad SMARTS) is 1. The Morgan fingerprint density at radius 2 is 2.00 bits per heavy atom. The number of rotatable bonds is 6. The van der Waals surface area contributed by atoms with Crippen molar-refractivity contribution in [2.24, 2.45) is 0 Å². The van der Waals surface area contributed by atoms with Crippen LogP contribution in [-0.4, -0.2) is 27.7 Å². The number of nitriles is 1. The van der Waals surface area contributed by atoms with Crippen molar-refractivity contribution in [2.45, 2.75) is 32.2 Å². The molecule has 2 rings (SSSR count). The van der Waals surface area contributed by atoms with E-state index in [9.17, 15) is 14.9 Å². The van der Waals surface area contributed by atoms with Gasteiger partial charge in [0.25, 0.3) is 0 Å². The number of benzene rings is 1. The van der Waals surface area contributed by atoms with Crippen molar-refractivity contribution >= 4 is 40.9 Å². The van der Waals surface area contributed by atoms with Gasteiger partial charge >= 0.3 is 5.97 Å². The van der Waals surface area contributed by atoms with E-state index in [2.05, 4.69) is 16.4 Å². The fourth-order valence-electron chi connectivity index (χ4n) is 2.35. The van der Waals surface area contributed by atoms with Crippen LogP contribution in [0, 0.1) is 32.1 Å². The van der Waals surface area contributed by atoms with Gasteiger partial charge in [0.1, 0.15) is 11.1 Å². The van der Waals surface area contributed by atoms with E-state index in [1.165, 1.54) is 30.0 Å². The van der Waals surface area contributed by atoms with E-state index in [1.54, 1.807) is 0 Å². The van der Waals surface area contributed by atoms with Gasteiger partial charge in [-0.25, -0.2) is 9.78 Å². The third-order valence-electron chi connectivity index (χ3n) is 4.13. The zero-order chi connectivity index (χ0) is 20.1. The van der Waals surface area contributed by atoms with E-state index in [1.807, 2.05) is 20.8 Å².